The van der Waals surface area contributed by atoms with Crippen LogP contribution in [0.4, 0.5) is 0 Å². The van der Waals surface area contributed by atoms with Crippen molar-refractivity contribution in [2.24, 2.45) is 0 Å². The van der Waals surface area contributed by atoms with Crippen molar-refractivity contribution in [3.8, 4) is 11.4 Å². The molecule has 2 aromatic rings. The molecule has 0 saturated carbocycles. The molecule has 0 saturated heterocycles. The maximum absolute atomic E-state index is 9.29. The summed E-state index contributed by atoms with van der Waals surface area (Å²) in [5.41, 5.74) is 0.961. The summed E-state index contributed by atoms with van der Waals surface area (Å²) in [6.07, 6.45) is 0.980. The van der Waals surface area contributed by atoms with Gasteiger partial charge in [-0.25, -0.2) is 9.97 Å². The summed E-state index contributed by atoms with van der Waals surface area (Å²) >= 11 is 1.40. The molecule has 2 rings (SSSR count). The Morgan fingerprint density at radius 3 is 2.67 bits per heavy atom. The average molecular weight is 262 g/mol. The van der Waals surface area contributed by atoms with E-state index < -0.39 is 6.10 Å². The highest BCUT2D eigenvalue weighted by Gasteiger charge is 2.06. The topological polar surface area (TPSA) is 66.2 Å². The zero-order valence-corrected chi connectivity index (χ0v) is 10.5. The fourth-order valence-electron chi connectivity index (χ4n) is 1.38. The number of thioether (sulfide) groups is 1. The minimum absolute atomic E-state index is 0.233. The lowest BCUT2D eigenvalue weighted by Gasteiger charge is -2.06. The zero-order valence-electron chi connectivity index (χ0n) is 9.73. The molecule has 0 spiro atoms. The Morgan fingerprint density at radius 1 is 1.17 bits per heavy atom. The van der Waals surface area contributed by atoms with Gasteiger partial charge in [-0.2, -0.15) is 0 Å². The summed E-state index contributed by atoms with van der Waals surface area (Å²) in [4.78, 5) is 8.63. The molecule has 0 radical (unpaired) electrons. The van der Waals surface area contributed by atoms with Crippen molar-refractivity contribution in [2.45, 2.75) is 11.1 Å². The third kappa shape index (κ3) is 3.53. The molecule has 1 aromatic heterocycles. The highest BCUT2D eigenvalue weighted by atomic mass is 32.2. The monoisotopic (exact) mass is 262 g/mol. The van der Waals surface area contributed by atoms with Gasteiger partial charge in [-0.3, -0.25) is 0 Å². The van der Waals surface area contributed by atoms with Crippen LogP contribution in [0.25, 0.3) is 11.4 Å². The fraction of sp³-hybridized carbons (Fsp3) is 0.231. The number of aliphatic hydroxyl groups is 2. The minimum atomic E-state index is -0.717. The van der Waals surface area contributed by atoms with Crippen LogP contribution in [0.5, 0.6) is 0 Å². The summed E-state index contributed by atoms with van der Waals surface area (Å²) in [5, 5.41) is 18.8. The quantitative estimate of drug-likeness (QED) is 0.632. The molecule has 1 heterocycles. The van der Waals surface area contributed by atoms with Gasteiger partial charge in [0, 0.05) is 17.5 Å². The lowest BCUT2D eigenvalue weighted by Crippen LogP contribution is -2.14. The van der Waals surface area contributed by atoms with Gasteiger partial charge in [0.15, 0.2) is 5.82 Å². The van der Waals surface area contributed by atoms with Crippen molar-refractivity contribution in [1.82, 2.24) is 9.97 Å². The van der Waals surface area contributed by atoms with Crippen LogP contribution in [0.1, 0.15) is 0 Å². The third-order valence-electron chi connectivity index (χ3n) is 2.30. The van der Waals surface area contributed by atoms with E-state index in [2.05, 4.69) is 9.97 Å². The summed E-state index contributed by atoms with van der Waals surface area (Å²) in [6, 6.07) is 11.5. The van der Waals surface area contributed by atoms with E-state index in [1.54, 1.807) is 12.3 Å². The van der Waals surface area contributed by atoms with E-state index in [9.17, 15) is 5.11 Å². The first-order valence-electron chi connectivity index (χ1n) is 5.60. The van der Waals surface area contributed by atoms with Crippen molar-refractivity contribution in [3.05, 3.63) is 42.6 Å². The Bertz CT molecular complexity index is 493. The van der Waals surface area contributed by atoms with Crippen molar-refractivity contribution in [2.75, 3.05) is 12.4 Å². The molecular weight excluding hydrogens is 248 g/mol. The molecule has 0 aliphatic rings. The van der Waals surface area contributed by atoms with Crippen molar-refractivity contribution in [1.29, 1.82) is 0 Å². The van der Waals surface area contributed by atoms with E-state index in [-0.39, 0.29) is 6.61 Å². The Morgan fingerprint density at radius 2 is 1.94 bits per heavy atom. The molecule has 5 heteroatoms. The molecule has 0 bridgehead atoms. The molecule has 0 fully saturated rings. The van der Waals surface area contributed by atoms with Crippen LogP contribution in [-0.2, 0) is 0 Å². The van der Waals surface area contributed by atoms with E-state index >= 15 is 0 Å². The van der Waals surface area contributed by atoms with Gasteiger partial charge >= 0.3 is 0 Å². The van der Waals surface area contributed by atoms with Crippen molar-refractivity contribution in [3.63, 3.8) is 0 Å². The predicted octanol–water partition coefficient (Wildman–Crippen LogP) is 1.59. The molecule has 0 amide bonds. The Balaban J connectivity index is 2.11. The highest BCUT2D eigenvalue weighted by molar-refractivity contribution is 7.99. The molecule has 4 nitrogen and oxygen atoms in total. The molecule has 1 atom stereocenters. The van der Waals surface area contributed by atoms with Gasteiger partial charge in [-0.1, -0.05) is 30.3 Å². The molecule has 1 unspecified atom stereocenters. The number of benzene rings is 1. The SMILES string of the molecule is OCC(O)CSc1ccnc(-c2ccccc2)n1. The number of rotatable bonds is 5. The third-order valence-corrected chi connectivity index (χ3v) is 3.37. The maximum Gasteiger partial charge on any atom is 0.160 e. The number of hydrogen-bond donors (Lipinski definition) is 2. The smallest absolute Gasteiger partial charge is 0.160 e. The second kappa shape index (κ2) is 6.49. The van der Waals surface area contributed by atoms with Crippen LogP contribution in [0, 0.1) is 0 Å². The van der Waals surface area contributed by atoms with Gasteiger partial charge in [0.2, 0.25) is 0 Å². The van der Waals surface area contributed by atoms with E-state index in [1.807, 2.05) is 30.3 Å². The molecule has 94 valence electrons. The lowest BCUT2D eigenvalue weighted by atomic mass is 10.2. The zero-order chi connectivity index (χ0) is 12.8. The summed E-state index contributed by atoms with van der Waals surface area (Å²) in [7, 11) is 0. The van der Waals surface area contributed by atoms with Crippen LogP contribution >= 0.6 is 11.8 Å². The first-order chi connectivity index (χ1) is 8.79. The van der Waals surface area contributed by atoms with Gasteiger partial charge in [-0.15, -0.1) is 11.8 Å². The minimum Gasteiger partial charge on any atom is -0.394 e. The first kappa shape index (κ1) is 13.0. The predicted molar refractivity (Wildman–Crippen MR) is 71.3 cm³/mol. The summed E-state index contributed by atoms with van der Waals surface area (Å²) in [6.45, 7) is -0.233. The number of hydrogen-bond acceptors (Lipinski definition) is 5. The number of nitrogens with zero attached hydrogens (tertiary/aromatic N) is 2. The molecule has 0 aliphatic heterocycles. The second-order valence-electron chi connectivity index (χ2n) is 3.73. The number of aromatic nitrogens is 2. The Labute approximate surface area is 110 Å². The van der Waals surface area contributed by atoms with Crippen LogP contribution < -0.4 is 0 Å². The van der Waals surface area contributed by atoms with Crippen LogP contribution in [0.2, 0.25) is 0 Å². The van der Waals surface area contributed by atoms with E-state index in [4.69, 9.17) is 5.11 Å². The van der Waals surface area contributed by atoms with E-state index in [1.165, 1.54) is 11.8 Å². The molecule has 18 heavy (non-hydrogen) atoms. The molecular formula is C13H14N2O2S. The lowest BCUT2D eigenvalue weighted by molar-refractivity contribution is 0.113. The van der Waals surface area contributed by atoms with Crippen molar-refractivity contribution < 1.29 is 10.2 Å². The van der Waals surface area contributed by atoms with Gasteiger partial charge in [-0.05, 0) is 6.07 Å². The van der Waals surface area contributed by atoms with Gasteiger partial charge in [0.25, 0.3) is 0 Å². The van der Waals surface area contributed by atoms with Crippen LogP contribution in [0.3, 0.4) is 0 Å². The Kier molecular flexibility index (Phi) is 4.69. The summed E-state index contributed by atoms with van der Waals surface area (Å²) < 4.78 is 0. The van der Waals surface area contributed by atoms with Crippen LogP contribution in [-0.4, -0.2) is 38.6 Å². The standard InChI is InChI=1S/C13H14N2O2S/c16-8-11(17)9-18-12-6-7-14-13(15-12)10-4-2-1-3-5-10/h1-7,11,16-17H,8-9H2. The first-order valence-corrected chi connectivity index (χ1v) is 6.58. The normalized spacial score (nSPS) is 12.3. The molecule has 0 aliphatic carbocycles. The number of aliphatic hydroxyl groups excluding tert-OH is 2. The van der Waals surface area contributed by atoms with E-state index in [0.29, 0.717) is 11.6 Å². The van der Waals surface area contributed by atoms with Crippen molar-refractivity contribution >= 4 is 11.8 Å². The van der Waals surface area contributed by atoms with Gasteiger partial charge in [0.1, 0.15) is 5.03 Å². The highest BCUT2D eigenvalue weighted by Crippen LogP contribution is 2.20. The molecule has 2 N–H and O–H groups in total. The summed E-state index contributed by atoms with van der Waals surface area (Å²) in [5.74, 6) is 1.08. The molecule has 1 aromatic carbocycles. The maximum atomic E-state index is 9.29. The van der Waals surface area contributed by atoms with Crippen LogP contribution in [0.15, 0.2) is 47.6 Å². The second-order valence-corrected chi connectivity index (χ2v) is 4.77. The average Bonchev–Trinajstić information content (AvgIpc) is 2.46. The fourth-order valence-corrected chi connectivity index (χ4v) is 2.16. The Hall–Kier alpha value is -1.43. The van der Waals surface area contributed by atoms with E-state index in [0.717, 1.165) is 10.6 Å². The van der Waals surface area contributed by atoms with Gasteiger partial charge in [0.05, 0.1) is 12.7 Å². The largest absolute Gasteiger partial charge is 0.394 e. The van der Waals surface area contributed by atoms with Gasteiger partial charge < -0.3 is 10.2 Å².